The molecule has 2 aromatic carbocycles. The van der Waals surface area contributed by atoms with Gasteiger partial charge in [-0.15, -0.1) is 12.4 Å². The number of halogens is 1. The maximum Gasteiger partial charge on any atom is 0.255 e. The number of benzene rings is 2. The maximum atomic E-state index is 12.4. The predicted octanol–water partition coefficient (Wildman–Crippen LogP) is 3.23. The standard InChI is InChI=1S/C19H20N2O5.ClH/c20-15-8-17-18(26-11-25-17)9-16(15)21-19(22)12-3-5-13(6-4-12)24-10-14-2-1-7-23-14;/h3-6,8-9,14H,1-2,7,10-11,20H2,(H,21,22);1H. The molecule has 1 atom stereocenters. The minimum Gasteiger partial charge on any atom is -0.491 e. The summed E-state index contributed by atoms with van der Waals surface area (Å²) in [4.78, 5) is 12.4. The molecule has 0 spiro atoms. The largest absolute Gasteiger partial charge is 0.491 e. The quantitative estimate of drug-likeness (QED) is 0.759. The van der Waals surface area contributed by atoms with Gasteiger partial charge in [0.15, 0.2) is 11.5 Å². The third-order valence-electron chi connectivity index (χ3n) is 4.37. The molecule has 2 heterocycles. The lowest BCUT2D eigenvalue weighted by Crippen LogP contribution is -2.16. The Hall–Kier alpha value is -2.64. The SMILES string of the molecule is Cl.Nc1cc2c(cc1NC(=O)c1ccc(OCC3CCCO3)cc1)OCO2. The van der Waals surface area contributed by atoms with Crippen LogP contribution in [0, 0.1) is 0 Å². The molecule has 3 N–H and O–H groups in total. The summed E-state index contributed by atoms with van der Waals surface area (Å²) in [5.41, 5.74) is 7.37. The van der Waals surface area contributed by atoms with E-state index in [0.717, 1.165) is 19.4 Å². The molecule has 27 heavy (non-hydrogen) atoms. The number of carbonyl (C=O) groups excluding carboxylic acids is 1. The van der Waals surface area contributed by atoms with Gasteiger partial charge in [0.25, 0.3) is 5.91 Å². The van der Waals surface area contributed by atoms with Crippen LogP contribution in [-0.2, 0) is 4.74 Å². The summed E-state index contributed by atoms with van der Waals surface area (Å²) in [6.45, 7) is 1.48. The Bertz CT molecular complexity index is 806. The van der Waals surface area contributed by atoms with Crippen LogP contribution in [0.5, 0.6) is 17.2 Å². The smallest absolute Gasteiger partial charge is 0.255 e. The van der Waals surface area contributed by atoms with Gasteiger partial charge < -0.3 is 30.0 Å². The Balaban J connectivity index is 0.00000210. The molecule has 1 unspecified atom stereocenters. The monoisotopic (exact) mass is 392 g/mol. The molecule has 1 saturated heterocycles. The zero-order valence-electron chi connectivity index (χ0n) is 14.6. The Morgan fingerprint density at radius 2 is 1.93 bits per heavy atom. The number of hydrogen-bond acceptors (Lipinski definition) is 6. The Kier molecular flexibility index (Phi) is 5.93. The highest BCUT2D eigenvalue weighted by Crippen LogP contribution is 2.38. The van der Waals surface area contributed by atoms with Gasteiger partial charge in [-0.1, -0.05) is 0 Å². The molecule has 2 aliphatic rings. The van der Waals surface area contributed by atoms with Crippen molar-refractivity contribution >= 4 is 29.7 Å². The van der Waals surface area contributed by atoms with Crippen LogP contribution in [0.2, 0.25) is 0 Å². The van der Waals surface area contributed by atoms with Crippen LogP contribution >= 0.6 is 12.4 Å². The molecule has 0 saturated carbocycles. The summed E-state index contributed by atoms with van der Waals surface area (Å²) < 4.78 is 21.8. The molecular weight excluding hydrogens is 372 g/mol. The number of nitrogens with one attached hydrogen (secondary N) is 1. The summed E-state index contributed by atoms with van der Waals surface area (Å²) in [5, 5.41) is 2.79. The molecule has 1 amide bonds. The Morgan fingerprint density at radius 3 is 2.63 bits per heavy atom. The van der Waals surface area contributed by atoms with E-state index in [0.29, 0.717) is 40.8 Å². The average molecular weight is 393 g/mol. The van der Waals surface area contributed by atoms with Gasteiger partial charge in [-0.05, 0) is 37.1 Å². The first kappa shape index (κ1) is 19.1. The van der Waals surface area contributed by atoms with Crippen LogP contribution in [0.25, 0.3) is 0 Å². The Morgan fingerprint density at radius 1 is 1.19 bits per heavy atom. The van der Waals surface area contributed by atoms with Crippen molar-refractivity contribution in [2.45, 2.75) is 18.9 Å². The topological polar surface area (TPSA) is 92.0 Å². The summed E-state index contributed by atoms with van der Waals surface area (Å²) >= 11 is 0. The van der Waals surface area contributed by atoms with Crippen LogP contribution in [-0.4, -0.2) is 32.0 Å². The number of fused-ring (bicyclic) bond motifs is 1. The zero-order valence-corrected chi connectivity index (χ0v) is 15.4. The maximum absolute atomic E-state index is 12.4. The lowest BCUT2D eigenvalue weighted by Gasteiger charge is -2.12. The van der Waals surface area contributed by atoms with E-state index < -0.39 is 0 Å². The van der Waals surface area contributed by atoms with Crippen LogP contribution in [0.15, 0.2) is 36.4 Å². The van der Waals surface area contributed by atoms with Crippen LogP contribution in [0.1, 0.15) is 23.2 Å². The van der Waals surface area contributed by atoms with Crippen molar-refractivity contribution < 1.29 is 23.7 Å². The third kappa shape index (κ3) is 4.37. The van der Waals surface area contributed by atoms with E-state index in [1.807, 2.05) is 0 Å². The fraction of sp³-hybridized carbons (Fsp3) is 0.316. The summed E-state index contributed by atoms with van der Waals surface area (Å²) in [7, 11) is 0. The highest BCUT2D eigenvalue weighted by Gasteiger charge is 2.18. The number of carbonyl (C=O) groups is 1. The van der Waals surface area contributed by atoms with Crippen molar-refractivity contribution in [1.29, 1.82) is 0 Å². The molecule has 2 aromatic rings. The minimum atomic E-state index is -0.263. The number of rotatable bonds is 5. The first-order valence-corrected chi connectivity index (χ1v) is 8.54. The number of hydrogen-bond donors (Lipinski definition) is 2. The molecule has 7 nitrogen and oxygen atoms in total. The van der Waals surface area contributed by atoms with Crippen molar-refractivity contribution in [1.82, 2.24) is 0 Å². The molecule has 0 radical (unpaired) electrons. The molecule has 0 aromatic heterocycles. The third-order valence-corrected chi connectivity index (χ3v) is 4.37. The van der Waals surface area contributed by atoms with Crippen molar-refractivity contribution in [3.05, 3.63) is 42.0 Å². The first-order valence-electron chi connectivity index (χ1n) is 8.54. The molecule has 4 rings (SSSR count). The van der Waals surface area contributed by atoms with Gasteiger partial charge in [0.1, 0.15) is 12.4 Å². The number of anilines is 2. The van der Waals surface area contributed by atoms with Gasteiger partial charge in [0, 0.05) is 24.3 Å². The molecule has 2 aliphatic heterocycles. The second kappa shape index (κ2) is 8.37. The van der Waals surface area contributed by atoms with E-state index in [1.165, 1.54) is 0 Å². The van der Waals surface area contributed by atoms with E-state index in [2.05, 4.69) is 5.32 Å². The number of nitrogen functional groups attached to an aromatic ring is 1. The molecule has 8 heteroatoms. The molecule has 144 valence electrons. The second-order valence-electron chi connectivity index (χ2n) is 6.22. The van der Waals surface area contributed by atoms with Crippen LogP contribution < -0.4 is 25.3 Å². The number of amides is 1. The van der Waals surface area contributed by atoms with Gasteiger partial charge in [-0.2, -0.15) is 0 Å². The van der Waals surface area contributed by atoms with Gasteiger partial charge >= 0.3 is 0 Å². The average Bonchev–Trinajstić information content (AvgIpc) is 3.32. The van der Waals surface area contributed by atoms with Gasteiger partial charge in [-0.25, -0.2) is 0 Å². The van der Waals surface area contributed by atoms with Crippen LogP contribution in [0.4, 0.5) is 11.4 Å². The van der Waals surface area contributed by atoms with Crippen molar-refractivity contribution in [2.75, 3.05) is 31.1 Å². The van der Waals surface area contributed by atoms with Gasteiger partial charge in [0.05, 0.1) is 17.5 Å². The Labute approximate surface area is 163 Å². The number of ether oxygens (including phenoxy) is 4. The molecule has 0 bridgehead atoms. The van der Waals surface area contributed by atoms with E-state index in [1.54, 1.807) is 36.4 Å². The van der Waals surface area contributed by atoms with Crippen molar-refractivity contribution in [3.8, 4) is 17.2 Å². The van der Waals surface area contributed by atoms with Crippen LogP contribution in [0.3, 0.4) is 0 Å². The first-order chi connectivity index (χ1) is 12.7. The normalized spacial score (nSPS) is 17.3. The van der Waals surface area contributed by atoms with E-state index in [9.17, 15) is 4.79 Å². The highest BCUT2D eigenvalue weighted by molar-refractivity contribution is 6.06. The molecular formula is C19H21ClN2O5. The van der Waals surface area contributed by atoms with Gasteiger partial charge in [-0.3, -0.25) is 4.79 Å². The van der Waals surface area contributed by atoms with E-state index >= 15 is 0 Å². The lowest BCUT2D eigenvalue weighted by molar-refractivity contribution is 0.0679. The fourth-order valence-corrected chi connectivity index (χ4v) is 2.93. The summed E-state index contributed by atoms with van der Waals surface area (Å²) in [6, 6.07) is 10.3. The molecule has 1 fully saturated rings. The highest BCUT2D eigenvalue weighted by atomic mass is 35.5. The summed E-state index contributed by atoms with van der Waals surface area (Å²) in [6.07, 6.45) is 2.26. The second-order valence-corrected chi connectivity index (χ2v) is 6.22. The predicted molar refractivity (Wildman–Crippen MR) is 103 cm³/mol. The zero-order chi connectivity index (χ0) is 17.9. The lowest BCUT2D eigenvalue weighted by atomic mass is 10.2. The van der Waals surface area contributed by atoms with Crippen molar-refractivity contribution in [2.24, 2.45) is 0 Å². The van der Waals surface area contributed by atoms with E-state index in [-0.39, 0.29) is 31.2 Å². The minimum absolute atomic E-state index is 0. The van der Waals surface area contributed by atoms with E-state index in [4.69, 9.17) is 24.7 Å². The summed E-state index contributed by atoms with van der Waals surface area (Å²) in [5.74, 6) is 1.58. The molecule has 0 aliphatic carbocycles. The number of nitrogens with two attached hydrogens (primary N) is 1. The fourth-order valence-electron chi connectivity index (χ4n) is 2.93. The van der Waals surface area contributed by atoms with Gasteiger partial charge in [0.2, 0.25) is 6.79 Å². The van der Waals surface area contributed by atoms with Crippen molar-refractivity contribution in [3.63, 3.8) is 0 Å².